The monoisotopic (exact) mass is 335 g/mol. The molecule has 102 valence electrons. The summed E-state index contributed by atoms with van der Waals surface area (Å²) in [6.07, 6.45) is 3.37. The first-order valence-corrected chi connectivity index (χ1v) is 6.62. The third-order valence-electron chi connectivity index (χ3n) is 2.51. The second-order valence-electron chi connectivity index (χ2n) is 3.91. The van der Waals surface area contributed by atoms with E-state index in [2.05, 4.69) is 41.4 Å². The summed E-state index contributed by atoms with van der Waals surface area (Å²) in [5.74, 6) is 0.682. The molecule has 0 saturated heterocycles. The van der Waals surface area contributed by atoms with Gasteiger partial charge in [0.25, 0.3) is 5.89 Å². The molecule has 0 radical (unpaired) electrons. The van der Waals surface area contributed by atoms with Crippen molar-refractivity contribution in [3.63, 3.8) is 0 Å². The minimum Gasteiger partial charge on any atom is -0.332 e. The molecule has 0 aromatic carbocycles. The van der Waals surface area contributed by atoms with Gasteiger partial charge in [-0.25, -0.2) is 0 Å². The molecule has 0 spiro atoms. The molecule has 3 rings (SSSR count). The van der Waals surface area contributed by atoms with Gasteiger partial charge in [-0.3, -0.25) is 9.67 Å². The lowest BCUT2D eigenvalue weighted by molar-refractivity contribution is 0.430. The van der Waals surface area contributed by atoms with Crippen LogP contribution in [0.15, 0.2) is 33.5 Å². The van der Waals surface area contributed by atoms with Crippen LogP contribution in [0.1, 0.15) is 0 Å². The van der Waals surface area contributed by atoms with E-state index < -0.39 is 0 Å². The quantitative estimate of drug-likeness (QED) is 0.760. The van der Waals surface area contributed by atoms with Gasteiger partial charge in [0, 0.05) is 17.2 Å². The van der Waals surface area contributed by atoms with Crippen LogP contribution in [0.2, 0.25) is 0 Å². The van der Waals surface area contributed by atoms with Crippen LogP contribution >= 0.6 is 15.9 Å². The molecule has 20 heavy (non-hydrogen) atoms. The molecule has 3 aromatic heterocycles. The fourth-order valence-corrected chi connectivity index (χ4v) is 2.04. The van der Waals surface area contributed by atoms with Gasteiger partial charge in [-0.15, -0.1) is 5.10 Å². The van der Waals surface area contributed by atoms with Crippen molar-refractivity contribution in [2.45, 2.75) is 6.54 Å². The molecular formula is C11H10BrN7O. The van der Waals surface area contributed by atoms with Crippen LogP contribution in [-0.4, -0.2) is 36.7 Å². The Morgan fingerprint density at radius 2 is 2.30 bits per heavy atom. The lowest BCUT2D eigenvalue weighted by atomic mass is 10.3. The number of rotatable bonds is 4. The highest BCUT2D eigenvalue weighted by Crippen LogP contribution is 2.25. The molecule has 0 saturated carbocycles. The number of aromatic nitrogens is 6. The SMILES string of the molecule is NCCn1cc(-c2nc(-c3ncccc3Br)no2)nn1. The maximum atomic E-state index is 5.45. The van der Waals surface area contributed by atoms with E-state index >= 15 is 0 Å². The van der Waals surface area contributed by atoms with Gasteiger partial charge < -0.3 is 10.3 Å². The molecule has 0 unspecified atom stereocenters. The van der Waals surface area contributed by atoms with Crippen molar-refractivity contribution in [2.24, 2.45) is 5.73 Å². The summed E-state index contributed by atoms with van der Waals surface area (Å²) < 4.78 is 7.59. The number of pyridine rings is 1. The Morgan fingerprint density at radius 1 is 1.40 bits per heavy atom. The van der Waals surface area contributed by atoms with Crippen LogP contribution in [0.5, 0.6) is 0 Å². The fourth-order valence-electron chi connectivity index (χ4n) is 1.61. The van der Waals surface area contributed by atoms with Crippen molar-refractivity contribution in [2.75, 3.05) is 6.54 Å². The number of nitrogens with zero attached hydrogens (tertiary/aromatic N) is 6. The van der Waals surface area contributed by atoms with Crippen LogP contribution in [0.3, 0.4) is 0 Å². The van der Waals surface area contributed by atoms with E-state index in [0.717, 1.165) is 4.47 Å². The zero-order valence-corrected chi connectivity index (χ0v) is 11.9. The Hall–Kier alpha value is -2.13. The summed E-state index contributed by atoms with van der Waals surface area (Å²) in [5, 5.41) is 11.8. The molecule has 0 aliphatic carbocycles. The molecule has 0 aliphatic heterocycles. The van der Waals surface area contributed by atoms with Crippen LogP contribution < -0.4 is 5.73 Å². The van der Waals surface area contributed by atoms with Crippen molar-refractivity contribution >= 4 is 15.9 Å². The molecule has 0 bridgehead atoms. The molecule has 0 fully saturated rings. The zero-order valence-electron chi connectivity index (χ0n) is 10.3. The number of hydrogen-bond donors (Lipinski definition) is 1. The molecule has 3 heterocycles. The van der Waals surface area contributed by atoms with Crippen LogP contribution in [0.25, 0.3) is 23.1 Å². The number of halogens is 1. The average Bonchev–Trinajstić information content (AvgIpc) is 3.08. The summed E-state index contributed by atoms with van der Waals surface area (Å²) in [6.45, 7) is 1.07. The molecule has 2 N–H and O–H groups in total. The first-order chi connectivity index (χ1) is 9.78. The van der Waals surface area contributed by atoms with E-state index in [1.54, 1.807) is 17.1 Å². The highest BCUT2D eigenvalue weighted by molar-refractivity contribution is 9.10. The second-order valence-corrected chi connectivity index (χ2v) is 4.77. The van der Waals surface area contributed by atoms with Gasteiger partial charge in [0.15, 0.2) is 5.69 Å². The summed E-state index contributed by atoms with van der Waals surface area (Å²) in [7, 11) is 0. The van der Waals surface area contributed by atoms with E-state index in [1.165, 1.54) is 0 Å². The first kappa shape index (κ1) is 12.9. The van der Waals surface area contributed by atoms with E-state index in [4.69, 9.17) is 10.3 Å². The molecule has 3 aromatic rings. The highest BCUT2D eigenvalue weighted by atomic mass is 79.9. The van der Waals surface area contributed by atoms with Gasteiger partial charge in [-0.05, 0) is 28.1 Å². The van der Waals surface area contributed by atoms with Crippen molar-refractivity contribution in [1.29, 1.82) is 0 Å². The number of nitrogens with two attached hydrogens (primary N) is 1. The Morgan fingerprint density at radius 3 is 3.10 bits per heavy atom. The lowest BCUT2D eigenvalue weighted by Gasteiger charge is -1.94. The summed E-state index contributed by atoms with van der Waals surface area (Å²) in [5.41, 5.74) is 6.56. The molecule has 0 atom stereocenters. The molecule has 0 aliphatic rings. The number of hydrogen-bond acceptors (Lipinski definition) is 7. The molecular weight excluding hydrogens is 326 g/mol. The van der Waals surface area contributed by atoms with Gasteiger partial charge in [0.2, 0.25) is 5.82 Å². The van der Waals surface area contributed by atoms with Crippen molar-refractivity contribution in [1.82, 2.24) is 30.1 Å². The van der Waals surface area contributed by atoms with E-state index in [0.29, 0.717) is 36.2 Å². The van der Waals surface area contributed by atoms with Crippen molar-refractivity contribution in [3.8, 4) is 23.1 Å². The standard InChI is InChI=1S/C11H10BrN7O/c12-7-2-1-4-14-9(7)10-15-11(20-17-10)8-6-19(5-3-13)18-16-8/h1-2,4,6H,3,5,13H2. The van der Waals surface area contributed by atoms with E-state index in [-0.39, 0.29) is 0 Å². The highest BCUT2D eigenvalue weighted by Gasteiger charge is 2.16. The summed E-state index contributed by atoms with van der Waals surface area (Å²) in [4.78, 5) is 8.47. The Kier molecular flexibility index (Phi) is 3.52. The van der Waals surface area contributed by atoms with Gasteiger partial charge in [0.05, 0.1) is 12.7 Å². The van der Waals surface area contributed by atoms with Gasteiger partial charge in [0.1, 0.15) is 5.69 Å². The van der Waals surface area contributed by atoms with Crippen LogP contribution in [0, 0.1) is 0 Å². The molecule has 0 amide bonds. The zero-order chi connectivity index (χ0) is 13.9. The topological polar surface area (TPSA) is 109 Å². The van der Waals surface area contributed by atoms with E-state index in [1.807, 2.05) is 12.1 Å². The molecule has 8 nitrogen and oxygen atoms in total. The van der Waals surface area contributed by atoms with Crippen LogP contribution in [0.4, 0.5) is 0 Å². The lowest BCUT2D eigenvalue weighted by Crippen LogP contribution is -2.10. The average molecular weight is 336 g/mol. The Labute approximate surface area is 122 Å². The minimum absolute atomic E-state index is 0.292. The van der Waals surface area contributed by atoms with Crippen molar-refractivity contribution < 1.29 is 4.52 Å². The van der Waals surface area contributed by atoms with Crippen molar-refractivity contribution in [3.05, 3.63) is 29.0 Å². The maximum absolute atomic E-state index is 5.45. The van der Waals surface area contributed by atoms with Gasteiger partial charge in [-0.2, -0.15) is 4.98 Å². The van der Waals surface area contributed by atoms with Gasteiger partial charge >= 0.3 is 0 Å². The predicted molar refractivity (Wildman–Crippen MR) is 73.3 cm³/mol. The smallest absolute Gasteiger partial charge is 0.280 e. The first-order valence-electron chi connectivity index (χ1n) is 5.83. The maximum Gasteiger partial charge on any atom is 0.280 e. The summed E-state index contributed by atoms with van der Waals surface area (Å²) >= 11 is 3.39. The van der Waals surface area contributed by atoms with E-state index in [9.17, 15) is 0 Å². The van der Waals surface area contributed by atoms with Gasteiger partial charge in [-0.1, -0.05) is 10.4 Å². The fraction of sp³-hybridized carbons (Fsp3) is 0.182. The minimum atomic E-state index is 0.292. The molecule has 9 heteroatoms. The Bertz CT molecular complexity index is 723. The third-order valence-corrected chi connectivity index (χ3v) is 3.15. The largest absolute Gasteiger partial charge is 0.332 e. The normalized spacial score (nSPS) is 10.9. The Balaban J connectivity index is 1.91. The van der Waals surface area contributed by atoms with Crippen LogP contribution in [-0.2, 0) is 6.54 Å². The third kappa shape index (κ3) is 2.45. The second kappa shape index (κ2) is 5.47. The summed E-state index contributed by atoms with van der Waals surface area (Å²) in [6, 6.07) is 3.67. The predicted octanol–water partition coefficient (Wildman–Crippen LogP) is 1.11.